The molecule has 0 bridgehead atoms. The summed E-state index contributed by atoms with van der Waals surface area (Å²) in [5.41, 5.74) is 1.92. The molecule has 0 spiro atoms. The summed E-state index contributed by atoms with van der Waals surface area (Å²) in [7, 11) is 0. The van der Waals surface area contributed by atoms with Gasteiger partial charge in [0, 0.05) is 4.43 Å². The Bertz CT molecular complexity index is 225. The molecule has 1 aromatic rings. The van der Waals surface area contributed by atoms with E-state index in [4.69, 9.17) is 0 Å². The second-order valence-electron chi connectivity index (χ2n) is 2.47. The van der Waals surface area contributed by atoms with Gasteiger partial charge in [0.25, 0.3) is 0 Å². The van der Waals surface area contributed by atoms with E-state index in [1.54, 1.807) is 6.07 Å². The van der Waals surface area contributed by atoms with E-state index in [-0.39, 0.29) is 5.82 Å². The summed E-state index contributed by atoms with van der Waals surface area (Å²) in [4.78, 5) is 0. The average molecular weight is 264 g/mol. The Morgan fingerprint density at radius 2 is 2.18 bits per heavy atom. The molecule has 0 saturated carbocycles. The van der Waals surface area contributed by atoms with Gasteiger partial charge in [0.15, 0.2) is 0 Å². The molecular formula is C9H10FI. The van der Waals surface area contributed by atoms with Gasteiger partial charge in [-0.05, 0) is 30.5 Å². The number of hydrogen-bond acceptors (Lipinski definition) is 0. The zero-order valence-electron chi connectivity index (χ0n) is 6.40. The van der Waals surface area contributed by atoms with Crippen LogP contribution in [0.1, 0.15) is 11.1 Å². The Labute approximate surface area is 80.0 Å². The van der Waals surface area contributed by atoms with Gasteiger partial charge >= 0.3 is 0 Å². The molecule has 0 atom stereocenters. The van der Waals surface area contributed by atoms with Crippen LogP contribution in [0.4, 0.5) is 4.39 Å². The molecule has 0 aliphatic carbocycles. The molecule has 0 aromatic heterocycles. The first-order valence-corrected chi connectivity index (χ1v) is 5.08. The lowest BCUT2D eigenvalue weighted by Crippen LogP contribution is -1.94. The van der Waals surface area contributed by atoms with Crippen LogP contribution in [0, 0.1) is 12.7 Å². The van der Waals surface area contributed by atoms with Crippen molar-refractivity contribution in [2.75, 3.05) is 4.43 Å². The van der Waals surface area contributed by atoms with Crippen LogP contribution in [0.3, 0.4) is 0 Å². The Morgan fingerprint density at radius 3 is 2.73 bits per heavy atom. The van der Waals surface area contributed by atoms with Crippen LogP contribution in [0.15, 0.2) is 18.2 Å². The normalized spacial score (nSPS) is 10.1. The average Bonchev–Trinajstić information content (AvgIpc) is 1.97. The van der Waals surface area contributed by atoms with Gasteiger partial charge in [0.2, 0.25) is 0 Å². The zero-order chi connectivity index (χ0) is 8.27. The molecule has 0 aliphatic heterocycles. The summed E-state index contributed by atoms with van der Waals surface area (Å²) in [5.74, 6) is -0.0679. The lowest BCUT2D eigenvalue weighted by Gasteiger charge is -2.03. The van der Waals surface area contributed by atoms with E-state index in [9.17, 15) is 4.39 Å². The van der Waals surface area contributed by atoms with Crippen LogP contribution in [-0.4, -0.2) is 4.43 Å². The number of aryl methyl sites for hydroxylation is 1. The highest BCUT2D eigenvalue weighted by atomic mass is 127. The highest BCUT2D eigenvalue weighted by Crippen LogP contribution is 2.13. The first-order valence-electron chi connectivity index (χ1n) is 3.55. The number of rotatable bonds is 2. The molecule has 11 heavy (non-hydrogen) atoms. The second-order valence-corrected chi connectivity index (χ2v) is 3.55. The lowest BCUT2D eigenvalue weighted by atomic mass is 10.1. The van der Waals surface area contributed by atoms with Gasteiger partial charge in [-0.1, -0.05) is 34.7 Å². The predicted octanol–water partition coefficient (Wildman–Crippen LogP) is 3.11. The summed E-state index contributed by atoms with van der Waals surface area (Å²) in [6.45, 7) is 1.95. The molecule has 0 fully saturated rings. The molecule has 0 N–H and O–H groups in total. The molecular weight excluding hydrogens is 254 g/mol. The molecule has 60 valence electrons. The van der Waals surface area contributed by atoms with Crippen molar-refractivity contribution in [1.82, 2.24) is 0 Å². The molecule has 0 unspecified atom stereocenters. The van der Waals surface area contributed by atoms with Gasteiger partial charge in [0.05, 0.1) is 0 Å². The van der Waals surface area contributed by atoms with E-state index < -0.39 is 0 Å². The maximum atomic E-state index is 13.0. The Balaban J connectivity index is 3.00. The fourth-order valence-corrected chi connectivity index (χ4v) is 1.62. The largest absolute Gasteiger partial charge is 0.207 e. The van der Waals surface area contributed by atoms with Gasteiger partial charge in [0.1, 0.15) is 5.82 Å². The Kier molecular flexibility index (Phi) is 3.30. The number of alkyl halides is 1. The predicted molar refractivity (Wildman–Crippen MR) is 53.7 cm³/mol. The van der Waals surface area contributed by atoms with E-state index in [1.807, 2.05) is 13.0 Å². The minimum atomic E-state index is -0.0679. The first-order chi connectivity index (χ1) is 5.25. The van der Waals surface area contributed by atoms with Gasteiger partial charge in [-0.2, -0.15) is 0 Å². The van der Waals surface area contributed by atoms with Gasteiger partial charge in [-0.25, -0.2) is 4.39 Å². The molecule has 0 amide bonds. The van der Waals surface area contributed by atoms with Gasteiger partial charge in [-0.3, -0.25) is 0 Å². The van der Waals surface area contributed by atoms with E-state index in [1.165, 1.54) is 6.07 Å². The van der Waals surface area contributed by atoms with E-state index in [0.717, 1.165) is 22.0 Å². The van der Waals surface area contributed by atoms with Crippen molar-refractivity contribution in [2.45, 2.75) is 13.3 Å². The minimum Gasteiger partial charge on any atom is -0.207 e. The zero-order valence-corrected chi connectivity index (χ0v) is 8.56. The van der Waals surface area contributed by atoms with Crippen molar-refractivity contribution >= 4 is 22.6 Å². The maximum absolute atomic E-state index is 13.0. The van der Waals surface area contributed by atoms with E-state index in [0.29, 0.717) is 0 Å². The fourth-order valence-electron chi connectivity index (χ4n) is 1.08. The van der Waals surface area contributed by atoms with Crippen molar-refractivity contribution in [1.29, 1.82) is 0 Å². The number of halogens is 2. The highest BCUT2D eigenvalue weighted by Gasteiger charge is 2.02. The maximum Gasteiger partial charge on any atom is 0.126 e. The molecule has 0 aliphatic rings. The highest BCUT2D eigenvalue weighted by molar-refractivity contribution is 14.1. The molecule has 0 saturated heterocycles. The smallest absolute Gasteiger partial charge is 0.126 e. The number of benzene rings is 1. The topological polar surface area (TPSA) is 0 Å². The SMILES string of the molecule is Cc1cccc(F)c1CCI. The molecule has 0 radical (unpaired) electrons. The number of hydrogen-bond donors (Lipinski definition) is 0. The third-order valence-electron chi connectivity index (χ3n) is 1.70. The first kappa shape index (κ1) is 8.97. The summed E-state index contributed by atoms with van der Waals surface area (Å²) < 4.78 is 14.0. The Morgan fingerprint density at radius 1 is 1.45 bits per heavy atom. The minimum absolute atomic E-state index is 0.0679. The third-order valence-corrected chi connectivity index (χ3v) is 2.24. The van der Waals surface area contributed by atoms with Crippen molar-refractivity contribution in [3.05, 3.63) is 35.1 Å². The fraction of sp³-hybridized carbons (Fsp3) is 0.333. The van der Waals surface area contributed by atoms with Crippen LogP contribution in [0.2, 0.25) is 0 Å². The quantitative estimate of drug-likeness (QED) is 0.568. The summed E-state index contributed by atoms with van der Waals surface area (Å²) in [6, 6.07) is 5.22. The van der Waals surface area contributed by atoms with Crippen molar-refractivity contribution < 1.29 is 4.39 Å². The molecule has 0 heterocycles. The summed E-state index contributed by atoms with van der Waals surface area (Å²) >= 11 is 2.26. The van der Waals surface area contributed by atoms with Crippen molar-refractivity contribution in [2.24, 2.45) is 0 Å². The third kappa shape index (κ3) is 2.15. The second kappa shape index (κ2) is 4.04. The Hall–Kier alpha value is -0.120. The van der Waals surface area contributed by atoms with Gasteiger partial charge < -0.3 is 0 Å². The molecule has 2 heteroatoms. The molecule has 1 aromatic carbocycles. The molecule has 0 nitrogen and oxygen atoms in total. The monoisotopic (exact) mass is 264 g/mol. The summed E-state index contributed by atoms with van der Waals surface area (Å²) in [6.07, 6.45) is 0.832. The van der Waals surface area contributed by atoms with Gasteiger partial charge in [-0.15, -0.1) is 0 Å². The molecule has 1 rings (SSSR count). The summed E-state index contributed by atoms with van der Waals surface area (Å²) in [5, 5.41) is 0. The van der Waals surface area contributed by atoms with E-state index in [2.05, 4.69) is 22.6 Å². The van der Waals surface area contributed by atoms with Crippen LogP contribution in [0.25, 0.3) is 0 Å². The van der Waals surface area contributed by atoms with Crippen LogP contribution in [0.5, 0.6) is 0 Å². The van der Waals surface area contributed by atoms with Crippen LogP contribution >= 0.6 is 22.6 Å². The van der Waals surface area contributed by atoms with E-state index >= 15 is 0 Å². The lowest BCUT2D eigenvalue weighted by molar-refractivity contribution is 0.611. The van der Waals surface area contributed by atoms with Crippen LogP contribution in [-0.2, 0) is 6.42 Å². The standard InChI is InChI=1S/C9H10FI/c1-7-3-2-4-9(10)8(7)5-6-11/h2-4H,5-6H2,1H3. The van der Waals surface area contributed by atoms with Crippen molar-refractivity contribution in [3.8, 4) is 0 Å². The van der Waals surface area contributed by atoms with Crippen molar-refractivity contribution in [3.63, 3.8) is 0 Å². The van der Waals surface area contributed by atoms with Crippen LogP contribution < -0.4 is 0 Å².